The van der Waals surface area contributed by atoms with E-state index in [-0.39, 0.29) is 5.01 Å². The molecule has 0 bridgehead atoms. The Morgan fingerprint density at radius 2 is 2.05 bits per heavy atom. The molecular formula is C15H11N3O2S2. The smallest absolute Gasteiger partial charge is 0.367 e. The van der Waals surface area contributed by atoms with Crippen molar-refractivity contribution in [3.05, 3.63) is 34.3 Å². The molecule has 0 aliphatic carbocycles. The van der Waals surface area contributed by atoms with Crippen LogP contribution in [-0.4, -0.2) is 21.3 Å². The highest BCUT2D eigenvalue weighted by atomic mass is 32.1. The quantitative estimate of drug-likeness (QED) is 0.781. The lowest BCUT2D eigenvalue weighted by atomic mass is 9.99. The van der Waals surface area contributed by atoms with Crippen LogP contribution in [0.4, 0.5) is 0 Å². The van der Waals surface area contributed by atoms with Crippen LogP contribution >= 0.6 is 22.7 Å². The number of carbonyl (C=O) groups is 1. The van der Waals surface area contributed by atoms with Crippen LogP contribution < -0.4 is 0 Å². The Hall–Kier alpha value is -2.30. The van der Waals surface area contributed by atoms with Crippen molar-refractivity contribution in [2.75, 3.05) is 0 Å². The number of nitriles is 1. The predicted molar refractivity (Wildman–Crippen MR) is 86.5 cm³/mol. The van der Waals surface area contributed by atoms with Gasteiger partial charge in [-0.3, -0.25) is 0 Å². The van der Waals surface area contributed by atoms with Crippen LogP contribution in [0.3, 0.4) is 0 Å². The Morgan fingerprint density at radius 3 is 2.64 bits per heavy atom. The molecule has 5 nitrogen and oxygen atoms in total. The van der Waals surface area contributed by atoms with Gasteiger partial charge < -0.3 is 5.11 Å². The summed E-state index contributed by atoms with van der Waals surface area (Å²) in [6.07, 6.45) is 0. The van der Waals surface area contributed by atoms with Crippen molar-refractivity contribution in [1.82, 2.24) is 10.2 Å². The second kappa shape index (κ2) is 5.48. The van der Waals surface area contributed by atoms with Gasteiger partial charge in [0.1, 0.15) is 6.07 Å². The summed E-state index contributed by atoms with van der Waals surface area (Å²) < 4.78 is 0.897. The van der Waals surface area contributed by atoms with Crippen LogP contribution in [0.2, 0.25) is 0 Å². The molecule has 2 heterocycles. The number of carboxylic acids is 1. The highest BCUT2D eigenvalue weighted by molar-refractivity contribution is 7.26. The SMILES string of the molecule is CC(C)c1cc(C#N)c2sc(-c3nnc(C(=O)O)s3)cc2c1. The molecule has 110 valence electrons. The lowest BCUT2D eigenvalue weighted by Gasteiger charge is -2.05. The summed E-state index contributed by atoms with van der Waals surface area (Å²) in [4.78, 5) is 11.7. The van der Waals surface area contributed by atoms with Crippen molar-refractivity contribution in [1.29, 1.82) is 5.26 Å². The Morgan fingerprint density at radius 1 is 1.27 bits per heavy atom. The molecule has 1 aromatic carbocycles. The highest BCUT2D eigenvalue weighted by Crippen LogP contribution is 2.38. The van der Waals surface area contributed by atoms with Crippen LogP contribution in [0.15, 0.2) is 18.2 Å². The number of aromatic carboxylic acids is 1. The first-order valence-electron chi connectivity index (χ1n) is 6.54. The van der Waals surface area contributed by atoms with E-state index in [9.17, 15) is 10.1 Å². The largest absolute Gasteiger partial charge is 0.476 e. The molecule has 0 saturated carbocycles. The van der Waals surface area contributed by atoms with E-state index in [0.717, 1.165) is 31.9 Å². The molecule has 0 radical (unpaired) electrons. The van der Waals surface area contributed by atoms with Crippen LogP contribution in [0.1, 0.15) is 40.7 Å². The molecule has 0 aliphatic rings. The van der Waals surface area contributed by atoms with E-state index >= 15 is 0 Å². The summed E-state index contributed by atoms with van der Waals surface area (Å²) in [7, 11) is 0. The Balaban J connectivity index is 2.16. The fraction of sp³-hybridized carbons (Fsp3) is 0.200. The van der Waals surface area contributed by atoms with Crippen molar-refractivity contribution in [3.63, 3.8) is 0 Å². The average Bonchev–Trinajstić information content (AvgIpc) is 3.12. The maximum atomic E-state index is 10.9. The van der Waals surface area contributed by atoms with Crippen LogP contribution in [0.25, 0.3) is 20.0 Å². The van der Waals surface area contributed by atoms with Crippen molar-refractivity contribution < 1.29 is 9.90 Å². The van der Waals surface area contributed by atoms with Crippen molar-refractivity contribution in [2.24, 2.45) is 0 Å². The second-order valence-corrected chi connectivity index (χ2v) is 7.11. The monoisotopic (exact) mass is 329 g/mol. The van der Waals surface area contributed by atoms with Crippen LogP contribution in [0.5, 0.6) is 0 Å². The molecule has 0 amide bonds. The molecule has 1 N–H and O–H groups in total. The molecule has 2 aromatic heterocycles. The molecule has 3 rings (SSSR count). The number of thiophene rings is 1. The standard InChI is InChI=1S/C15H11N3O2S2/c1-7(2)8-3-9-5-11(21-12(9)10(4-8)6-16)13-17-18-14(22-13)15(19)20/h3-5,7H,1-2H3,(H,19,20). The Kier molecular flexibility index (Phi) is 3.64. The molecular weight excluding hydrogens is 318 g/mol. The molecule has 22 heavy (non-hydrogen) atoms. The molecule has 3 aromatic rings. The number of fused-ring (bicyclic) bond motifs is 1. The zero-order valence-corrected chi connectivity index (χ0v) is 13.5. The molecule has 0 unspecified atom stereocenters. The number of carboxylic acid groups (broad SMARTS) is 1. The molecule has 0 aliphatic heterocycles. The molecule has 0 spiro atoms. The number of benzene rings is 1. The molecule has 0 saturated heterocycles. The van der Waals surface area contributed by atoms with Gasteiger partial charge in [-0.2, -0.15) is 5.26 Å². The van der Waals surface area contributed by atoms with Gasteiger partial charge in [0.25, 0.3) is 0 Å². The van der Waals surface area contributed by atoms with Gasteiger partial charge in [-0.15, -0.1) is 21.5 Å². The average molecular weight is 329 g/mol. The summed E-state index contributed by atoms with van der Waals surface area (Å²) in [6, 6.07) is 8.16. The van der Waals surface area contributed by atoms with Gasteiger partial charge in [0.15, 0.2) is 5.01 Å². The van der Waals surface area contributed by atoms with E-state index in [1.165, 1.54) is 11.3 Å². The van der Waals surface area contributed by atoms with Gasteiger partial charge in [0.2, 0.25) is 5.01 Å². The van der Waals surface area contributed by atoms with E-state index in [0.29, 0.717) is 16.5 Å². The summed E-state index contributed by atoms with van der Waals surface area (Å²) in [5.41, 5.74) is 1.75. The van der Waals surface area contributed by atoms with Crippen molar-refractivity contribution >= 4 is 38.7 Å². The van der Waals surface area contributed by atoms with Crippen LogP contribution in [0, 0.1) is 11.3 Å². The minimum absolute atomic E-state index is 0.0316. The van der Waals surface area contributed by atoms with E-state index in [2.05, 4.69) is 36.2 Å². The predicted octanol–water partition coefficient (Wildman–Crippen LogP) is 4.11. The third kappa shape index (κ3) is 2.47. The number of rotatable bonds is 3. The van der Waals surface area contributed by atoms with E-state index in [1.807, 2.05) is 12.1 Å². The topological polar surface area (TPSA) is 86.9 Å². The maximum Gasteiger partial charge on any atom is 0.367 e. The van der Waals surface area contributed by atoms with Gasteiger partial charge in [-0.05, 0) is 35.1 Å². The number of aromatic nitrogens is 2. The Labute approximate surface area is 134 Å². The molecule has 0 fully saturated rings. The maximum absolute atomic E-state index is 10.9. The van der Waals surface area contributed by atoms with Crippen LogP contribution in [-0.2, 0) is 0 Å². The summed E-state index contributed by atoms with van der Waals surface area (Å²) in [6.45, 7) is 4.17. The minimum Gasteiger partial charge on any atom is -0.476 e. The highest BCUT2D eigenvalue weighted by Gasteiger charge is 2.16. The fourth-order valence-corrected chi connectivity index (χ4v) is 3.93. The van der Waals surface area contributed by atoms with E-state index in [4.69, 9.17) is 5.11 Å². The second-order valence-electron chi connectivity index (χ2n) is 5.08. The van der Waals surface area contributed by atoms with Gasteiger partial charge in [0.05, 0.1) is 15.1 Å². The zero-order valence-electron chi connectivity index (χ0n) is 11.8. The normalized spacial score (nSPS) is 11.0. The Bertz CT molecular complexity index is 919. The zero-order chi connectivity index (χ0) is 15.9. The van der Waals surface area contributed by atoms with Gasteiger partial charge in [0, 0.05) is 0 Å². The number of nitrogens with zero attached hydrogens (tertiary/aromatic N) is 3. The summed E-state index contributed by atoms with van der Waals surface area (Å²) >= 11 is 2.48. The first kappa shape index (κ1) is 14.6. The first-order chi connectivity index (χ1) is 10.5. The van der Waals surface area contributed by atoms with E-state index < -0.39 is 5.97 Å². The van der Waals surface area contributed by atoms with E-state index in [1.54, 1.807) is 0 Å². The number of hydrogen-bond donors (Lipinski definition) is 1. The first-order valence-corrected chi connectivity index (χ1v) is 8.17. The van der Waals surface area contributed by atoms with Crippen molar-refractivity contribution in [3.8, 4) is 16.0 Å². The lowest BCUT2D eigenvalue weighted by Crippen LogP contribution is -1.93. The molecule has 0 atom stereocenters. The number of hydrogen-bond acceptors (Lipinski definition) is 6. The van der Waals surface area contributed by atoms with Crippen molar-refractivity contribution in [2.45, 2.75) is 19.8 Å². The molecule has 7 heteroatoms. The summed E-state index contributed by atoms with van der Waals surface area (Å²) in [5.74, 6) is -0.746. The van der Waals surface area contributed by atoms with Gasteiger partial charge in [-0.1, -0.05) is 25.2 Å². The summed E-state index contributed by atoms with van der Waals surface area (Å²) in [5, 5.41) is 27.4. The third-order valence-electron chi connectivity index (χ3n) is 3.24. The van der Waals surface area contributed by atoms with Gasteiger partial charge in [-0.25, -0.2) is 4.79 Å². The fourth-order valence-electron chi connectivity index (χ4n) is 2.11. The van der Waals surface area contributed by atoms with Gasteiger partial charge >= 0.3 is 5.97 Å². The lowest BCUT2D eigenvalue weighted by molar-refractivity contribution is 0.0695. The third-order valence-corrected chi connectivity index (χ3v) is 5.51. The minimum atomic E-state index is -1.08.